The van der Waals surface area contributed by atoms with E-state index >= 15 is 0 Å². The van der Waals surface area contributed by atoms with Crippen LogP contribution in [0.2, 0.25) is 0 Å². The Kier molecular flexibility index (Phi) is 6.80. The standard InChI is InChI=1S/C24H20FN3O2/c1-30-19-14-12-18(13-15-19)22(16-11-17-7-3-2-4-8-17)27-24(26)28-23(29)20-9-5-6-10-21(20)25/h2-10,12-15,22H,1H3,(H3,26,27,28,29). The van der Waals surface area contributed by atoms with Gasteiger partial charge in [-0.25, -0.2) is 9.38 Å². The van der Waals surface area contributed by atoms with Crippen LogP contribution in [0.1, 0.15) is 27.5 Å². The highest BCUT2D eigenvalue weighted by atomic mass is 19.1. The van der Waals surface area contributed by atoms with Gasteiger partial charge in [-0.05, 0) is 42.0 Å². The number of nitrogens with two attached hydrogens (primary N) is 1. The van der Waals surface area contributed by atoms with Gasteiger partial charge in [0.2, 0.25) is 0 Å². The smallest absolute Gasteiger partial charge is 0.260 e. The number of nitrogens with one attached hydrogen (secondary N) is 1. The van der Waals surface area contributed by atoms with E-state index in [1.54, 1.807) is 25.3 Å². The summed E-state index contributed by atoms with van der Waals surface area (Å²) in [6, 6.07) is 21.6. The Bertz CT molecular complexity index is 1100. The van der Waals surface area contributed by atoms with Gasteiger partial charge in [0, 0.05) is 5.56 Å². The van der Waals surface area contributed by atoms with E-state index in [9.17, 15) is 9.18 Å². The fourth-order valence-electron chi connectivity index (χ4n) is 2.65. The summed E-state index contributed by atoms with van der Waals surface area (Å²) >= 11 is 0. The number of aliphatic imine (C=N–C) groups is 1. The minimum Gasteiger partial charge on any atom is -0.497 e. The molecule has 3 N–H and O–H groups in total. The van der Waals surface area contributed by atoms with E-state index in [1.165, 1.54) is 18.2 Å². The maximum absolute atomic E-state index is 13.8. The van der Waals surface area contributed by atoms with Gasteiger partial charge in [-0.2, -0.15) is 0 Å². The molecule has 0 fully saturated rings. The Morgan fingerprint density at radius 2 is 1.70 bits per heavy atom. The number of rotatable bonds is 4. The van der Waals surface area contributed by atoms with Crippen LogP contribution in [-0.2, 0) is 0 Å². The van der Waals surface area contributed by atoms with Gasteiger partial charge >= 0.3 is 0 Å². The highest BCUT2D eigenvalue weighted by molar-refractivity contribution is 6.05. The molecular weight excluding hydrogens is 381 g/mol. The van der Waals surface area contributed by atoms with Crippen LogP contribution in [-0.4, -0.2) is 19.0 Å². The summed E-state index contributed by atoms with van der Waals surface area (Å²) in [6.07, 6.45) is 0. The van der Waals surface area contributed by atoms with Crippen molar-refractivity contribution in [2.24, 2.45) is 10.7 Å². The van der Waals surface area contributed by atoms with Crippen molar-refractivity contribution >= 4 is 11.9 Å². The molecule has 150 valence electrons. The van der Waals surface area contributed by atoms with E-state index in [1.807, 2.05) is 42.5 Å². The van der Waals surface area contributed by atoms with Crippen molar-refractivity contribution < 1.29 is 13.9 Å². The van der Waals surface area contributed by atoms with Crippen LogP contribution in [0, 0.1) is 17.7 Å². The number of benzene rings is 3. The summed E-state index contributed by atoms with van der Waals surface area (Å²) in [7, 11) is 1.58. The molecule has 1 unspecified atom stereocenters. The molecule has 0 radical (unpaired) electrons. The molecule has 3 rings (SSSR count). The van der Waals surface area contributed by atoms with Gasteiger partial charge in [0.25, 0.3) is 5.91 Å². The summed E-state index contributed by atoms with van der Waals surface area (Å²) in [5, 5.41) is 2.41. The first kappa shape index (κ1) is 20.6. The number of halogens is 1. The highest BCUT2D eigenvalue weighted by Gasteiger charge is 2.13. The number of guanidine groups is 1. The maximum atomic E-state index is 13.8. The lowest BCUT2D eigenvalue weighted by atomic mass is 10.1. The van der Waals surface area contributed by atoms with Crippen LogP contribution >= 0.6 is 0 Å². The summed E-state index contributed by atoms with van der Waals surface area (Å²) in [5.74, 6) is 5.33. The molecule has 0 bridgehead atoms. The first-order valence-electron chi connectivity index (χ1n) is 9.16. The molecule has 1 atom stereocenters. The van der Waals surface area contributed by atoms with Crippen LogP contribution in [0.25, 0.3) is 0 Å². The number of amides is 1. The van der Waals surface area contributed by atoms with E-state index in [2.05, 4.69) is 22.2 Å². The molecule has 0 aliphatic heterocycles. The van der Waals surface area contributed by atoms with Gasteiger partial charge in [-0.3, -0.25) is 10.1 Å². The second-order valence-corrected chi connectivity index (χ2v) is 6.26. The number of hydrogen-bond donors (Lipinski definition) is 2. The van der Waals surface area contributed by atoms with Crippen molar-refractivity contribution in [3.63, 3.8) is 0 Å². The Morgan fingerprint density at radius 1 is 1.03 bits per heavy atom. The number of carbonyl (C=O) groups excluding carboxylic acids is 1. The molecular formula is C24H20FN3O2. The van der Waals surface area contributed by atoms with Crippen molar-refractivity contribution in [1.29, 1.82) is 0 Å². The zero-order valence-electron chi connectivity index (χ0n) is 16.3. The molecule has 0 spiro atoms. The van der Waals surface area contributed by atoms with Crippen LogP contribution in [0.15, 0.2) is 83.9 Å². The lowest BCUT2D eigenvalue weighted by Gasteiger charge is -2.10. The summed E-state index contributed by atoms with van der Waals surface area (Å²) < 4.78 is 19.0. The lowest BCUT2D eigenvalue weighted by Crippen LogP contribution is -2.37. The minimum absolute atomic E-state index is 0.119. The number of ether oxygens (including phenoxy) is 1. The van der Waals surface area contributed by atoms with Gasteiger partial charge < -0.3 is 10.5 Å². The van der Waals surface area contributed by atoms with Crippen LogP contribution in [0.3, 0.4) is 0 Å². The predicted octanol–water partition coefficient (Wildman–Crippen LogP) is 3.67. The second-order valence-electron chi connectivity index (χ2n) is 6.26. The summed E-state index contributed by atoms with van der Waals surface area (Å²) in [6.45, 7) is 0. The van der Waals surface area contributed by atoms with E-state index in [4.69, 9.17) is 10.5 Å². The van der Waals surface area contributed by atoms with Crippen LogP contribution < -0.4 is 15.8 Å². The van der Waals surface area contributed by atoms with Gasteiger partial charge in [0.05, 0.1) is 12.7 Å². The topological polar surface area (TPSA) is 76.7 Å². The lowest BCUT2D eigenvalue weighted by molar-refractivity contribution is 0.0972. The largest absolute Gasteiger partial charge is 0.497 e. The molecule has 30 heavy (non-hydrogen) atoms. The molecule has 0 saturated heterocycles. The number of methoxy groups -OCH3 is 1. The fraction of sp³-hybridized carbons (Fsp3) is 0.0833. The van der Waals surface area contributed by atoms with Crippen molar-refractivity contribution in [3.05, 3.63) is 101 Å². The van der Waals surface area contributed by atoms with Crippen molar-refractivity contribution in [3.8, 4) is 17.6 Å². The van der Waals surface area contributed by atoms with E-state index in [0.29, 0.717) is 5.75 Å². The zero-order valence-corrected chi connectivity index (χ0v) is 16.3. The molecule has 0 saturated carbocycles. The first-order chi connectivity index (χ1) is 14.6. The Morgan fingerprint density at radius 3 is 2.37 bits per heavy atom. The molecule has 3 aromatic rings. The third kappa shape index (κ3) is 5.46. The summed E-state index contributed by atoms with van der Waals surface area (Å²) in [4.78, 5) is 16.6. The number of carbonyl (C=O) groups is 1. The van der Waals surface area contributed by atoms with Crippen LogP contribution in [0.5, 0.6) is 5.75 Å². The van der Waals surface area contributed by atoms with Gasteiger partial charge in [-0.15, -0.1) is 0 Å². The van der Waals surface area contributed by atoms with Gasteiger partial charge in [-0.1, -0.05) is 54.3 Å². The highest BCUT2D eigenvalue weighted by Crippen LogP contribution is 2.20. The Labute approximate surface area is 174 Å². The van der Waals surface area contributed by atoms with Crippen molar-refractivity contribution in [1.82, 2.24) is 5.32 Å². The Balaban J connectivity index is 1.87. The van der Waals surface area contributed by atoms with Crippen molar-refractivity contribution in [2.75, 3.05) is 7.11 Å². The number of hydrogen-bond acceptors (Lipinski definition) is 3. The molecule has 3 aromatic carbocycles. The molecule has 0 heterocycles. The van der Waals surface area contributed by atoms with Gasteiger partial charge in [0.1, 0.15) is 17.6 Å². The molecule has 0 aliphatic rings. The van der Waals surface area contributed by atoms with E-state index in [-0.39, 0.29) is 11.5 Å². The molecule has 1 amide bonds. The summed E-state index contributed by atoms with van der Waals surface area (Å²) in [5.41, 5.74) is 7.40. The SMILES string of the molecule is COc1ccc(C(C#Cc2ccccc2)N=C(N)NC(=O)c2ccccc2F)cc1. The van der Waals surface area contributed by atoms with Crippen molar-refractivity contribution in [2.45, 2.75) is 6.04 Å². The second kappa shape index (κ2) is 9.89. The monoisotopic (exact) mass is 401 g/mol. The minimum atomic E-state index is -0.682. The normalized spacial score (nSPS) is 11.7. The molecule has 0 aromatic heterocycles. The Hall–Kier alpha value is -4.11. The third-order valence-electron chi connectivity index (χ3n) is 4.19. The van der Waals surface area contributed by atoms with Crippen LogP contribution in [0.4, 0.5) is 4.39 Å². The predicted molar refractivity (Wildman–Crippen MR) is 115 cm³/mol. The average molecular weight is 401 g/mol. The molecule has 6 heteroatoms. The molecule has 0 aliphatic carbocycles. The fourth-order valence-corrected chi connectivity index (χ4v) is 2.65. The quantitative estimate of drug-likeness (QED) is 0.398. The van der Waals surface area contributed by atoms with Gasteiger partial charge in [0.15, 0.2) is 5.96 Å². The number of nitrogens with zero attached hydrogens (tertiary/aromatic N) is 1. The average Bonchev–Trinajstić information content (AvgIpc) is 2.77. The zero-order chi connectivity index (χ0) is 21.3. The third-order valence-corrected chi connectivity index (χ3v) is 4.19. The van der Waals surface area contributed by atoms with E-state index in [0.717, 1.165) is 11.1 Å². The first-order valence-corrected chi connectivity index (χ1v) is 9.16. The molecule has 5 nitrogen and oxygen atoms in total. The van der Waals surface area contributed by atoms with E-state index < -0.39 is 17.8 Å². The maximum Gasteiger partial charge on any atom is 0.260 e.